The van der Waals surface area contributed by atoms with Gasteiger partial charge in [0.1, 0.15) is 5.75 Å². The van der Waals surface area contributed by atoms with E-state index in [2.05, 4.69) is 10.6 Å². The Bertz CT molecular complexity index is 503. The van der Waals surface area contributed by atoms with Gasteiger partial charge in [-0.05, 0) is 31.5 Å². The molecule has 1 aromatic carbocycles. The highest BCUT2D eigenvalue weighted by Gasteiger charge is 2.13. The first kappa shape index (κ1) is 16.8. The minimum Gasteiger partial charge on any atom is -0.496 e. The number of benzene rings is 1. The summed E-state index contributed by atoms with van der Waals surface area (Å²) in [6.07, 6.45) is 1.11. The molecular weight excluding hydrogens is 270 g/mol. The van der Waals surface area contributed by atoms with Gasteiger partial charge in [0.15, 0.2) is 0 Å². The molecular formula is C15H23N3O3. The molecule has 2 amide bonds. The van der Waals surface area contributed by atoms with Gasteiger partial charge < -0.3 is 21.1 Å². The molecule has 1 aromatic rings. The lowest BCUT2D eigenvalue weighted by molar-refractivity contribution is -0.121. The number of carbonyl (C=O) groups excluding carboxylic acids is 2. The fourth-order valence-corrected chi connectivity index (χ4v) is 1.74. The van der Waals surface area contributed by atoms with Crippen molar-refractivity contribution in [1.82, 2.24) is 10.6 Å². The number of hydrogen-bond acceptors (Lipinski definition) is 4. The predicted molar refractivity (Wildman–Crippen MR) is 82.3 cm³/mol. The maximum Gasteiger partial charge on any atom is 0.255 e. The maximum atomic E-state index is 12.1. The van der Waals surface area contributed by atoms with E-state index in [9.17, 15) is 9.59 Å². The Kier molecular flexibility index (Phi) is 6.52. The fourth-order valence-electron chi connectivity index (χ4n) is 1.74. The molecule has 0 saturated carbocycles. The Balaban J connectivity index is 2.51. The van der Waals surface area contributed by atoms with Crippen LogP contribution >= 0.6 is 0 Å². The van der Waals surface area contributed by atoms with Crippen LogP contribution in [0, 0.1) is 0 Å². The number of nitrogens with one attached hydrogen (secondary N) is 2. The maximum absolute atomic E-state index is 12.1. The molecule has 4 N–H and O–H groups in total. The van der Waals surface area contributed by atoms with Crippen molar-refractivity contribution in [3.8, 4) is 5.75 Å². The van der Waals surface area contributed by atoms with Crippen molar-refractivity contribution in [2.45, 2.75) is 32.7 Å². The highest BCUT2D eigenvalue weighted by molar-refractivity contribution is 5.98. The molecule has 6 heteroatoms. The Morgan fingerprint density at radius 2 is 2.10 bits per heavy atom. The molecule has 0 spiro atoms. The van der Waals surface area contributed by atoms with E-state index < -0.39 is 0 Å². The minimum atomic E-state index is -0.310. The second-order valence-corrected chi connectivity index (χ2v) is 4.84. The van der Waals surface area contributed by atoms with Gasteiger partial charge in [-0.25, -0.2) is 0 Å². The summed E-state index contributed by atoms with van der Waals surface area (Å²) in [6.45, 7) is 4.20. The van der Waals surface area contributed by atoms with E-state index in [-0.39, 0.29) is 30.8 Å². The summed E-state index contributed by atoms with van der Waals surface area (Å²) in [6, 6.07) is 4.99. The van der Waals surface area contributed by atoms with Crippen molar-refractivity contribution in [1.29, 1.82) is 0 Å². The van der Waals surface area contributed by atoms with Gasteiger partial charge in [-0.15, -0.1) is 0 Å². The number of rotatable bonds is 7. The lowest BCUT2D eigenvalue weighted by atomic mass is 10.1. The molecule has 0 radical (unpaired) electrons. The number of methoxy groups -OCH3 is 1. The van der Waals surface area contributed by atoms with Gasteiger partial charge in [0.25, 0.3) is 5.91 Å². The zero-order chi connectivity index (χ0) is 15.8. The van der Waals surface area contributed by atoms with Crippen LogP contribution < -0.4 is 21.1 Å². The molecule has 0 aliphatic rings. The second kappa shape index (κ2) is 8.14. The fraction of sp³-hybridized carbons (Fsp3) is 0.467. The van der Waals surface area contributed by atoms with E-state index in [1.807, 2.05) is 13.8 Å². The average Bonchev–Trinajstić information content (AvgIpc) is 2.46. The molecule has 0 aliphatic carbocycles. The number of nitrogens with two attached hydrogens (primary N) is 1. The summed E-state index contributed by atoms with van der Waals surface area (Å²) in [5, 5.41) is 5.53. The van der Waals surface area contributed by atoms with Crippen LogP contribution in [0.2, 0.25) is 0 Å². The second-order valence-electron chi connectivity index (χ2n) is 4.84. The highest BCUT2D eigenvalue weighted by atomic mass is 16.5. The highest BCUT2D eigenvalue weighted by Crippen LogP contribution is 2.20. The van der Waals surface area contributed by atoms with Gasteiger partial charge >= 0.3 is 0 Å². The van der Waals surface area contributed by atoms with Crippen molar-refractivity contribution in [2.24, 2.45) is 0 Å². The minimum absolute atomic E-state index is 0.0795. The molecule has 0 aliphatic heterocycles. The van der Waals surface area contributed by atoms with Crippen molar-refractivity contribution in [3.05, 3.63) is 23.8 Å². The Hall–Kier alpha value is -2.24. The molecule has 21 heavy (non-hydrogen) atoms. The summed E-state index contributed by atoms with van der Waals surface area (Å²) < 4.78 is 5.12. The van der Waals surface area contributed by atoms with E-state index in [0.29, 0.717) is 17.0 Å². The smallest absolute Gasteiger partial charge is 0.255 e. The average molecular weight is 293 g/mol. The molecule has 116 valence electrons. The van der Waals surface area contributed by atoms with Gasteiger partial charge in [-0.2, -0.15) is 0 Å². The standard InChI is InChI=1S/C15H23N3O3/c1-4-10(2)18-14(19)7-8-17-15(20)12-9-11(16)5-6-13(12)21-3/h5-6,9-10H,4,7-8,16H2,1-3H3,(H,17,20)(H,18,19). The monoisotopic (exact) mass is 293 g/mol. The number of ether oxygens (including phenoxy) is 1. The van der Waals surface area contributed by atoms with Crippen molar-refractivity contribution < 1.29 is 14.3 Å². The first-order chi connectivity index (χ1) is 9.97. The normalized spacial score (nSPS) is 11.6. The lowest BCUT2D eigenvalue weighted by Crippen LogP contribution is -2.35. The third kappa shape index (κ3) is 5.33. The predicted octanol–water partition coefficient (Wildman–Crippen LogP) is 1.31. The molecule has 1 rings (SSSR count). The summed E-state index contributed by atoms with van der Waals surface area (Å²) in [5.41, 5.74) is 6.51. The van der Waals surface area contributed by atoms with Crippen LogP contribution in [0.25, 0.3) is 0 Å². The molecule has 0 heterocycles. The van der Waals surface area contributed by atoms with Gasteiger partial charge in [0.2, 0.25) is 5.91 Å². The number of hydrogen-bond donors (Lipinski definition) is 3. The molecule has 0 aromatic heterocycles. The number of nitrogen functional groups attached to an aromatic ring is 1. The third-order valence-corrected chi connectivity index (χ3v) is 3.13. The number of carbonyl (C=O) groups is 2. The third-order valence-electron chi connectivity index (χ3n) is 3.13. The van der Waals surface area contributed by atoms with Crippen LogP contribution in [0.15, 0.2) is 18.2 Å². The molecule has 0 bridgehead atoms. The van der Waals surface area contributed by atoms with Crippen molar-refractivity contribution >= 4 is 17.5 Å². The zero-order valence-corrected chi connectivity index (χ0v) is 12.7. The van der Waals surface area contributed by atoms with Gasteiger partial charge in [0.05, 0.1) is 12.7 Å². The van der Waals surface area contributed by atoms with Crippen LogP contribution in [0.4, 0.5) is 5.69 Å². The number of amides is 2. The Morgan fingerprint density at radius 3 is 2.71 bits per heavy atom. The summed E-state index contributed by atoms with van der Waals surface area (Å²) in [5.74, 6) is 0.0606. The first-order valence-corrected chi connectivity index (χ1v) is 6.99. The van der Waals surface area contributed by atoms with E-state index >= 15 is 0 Å². The van der Waals surface area contributed by atoms with Crippen LogP contribution in [-0.2, 0) is 4.79 Å². The van der Waals surface area contributed by atoms with E-state index in [4.69, 9.17) is 10.5 Å². The van der Waals surface area contributed by atoms with Crippen molar-refractivity contribution in [2.75, 3.05) is 19.4 Å². The van der Waals surface area contributed by atoms with Crippen LogP contribution in [0.3, 0.4) is 0 Å². The largest absolute Gasteiger partial charge is 0.496 e. The lowest BCUT2D eigenvalue weighted by Gasteiger charge is -2.12. The van der Waals surface area contributed by atoms with Crippen LogP contribution in [0.5, 0.6) is 5.75 Å². The van der Waals surface area contributed by atoms with E-state index in [1.54, 1.807) is 18.2 Å². The van der Waals surface area contributed by atoms with Gasteiger partial charge in [-0.3, -0.25) is 9.59 Å². The molecule has 0 saturated heterocycles. The summed E-state index contributed by atoms with van der Waals surface area (Å²) >= 11 is 0. The zero-order valence-electron chi connectivity index (χ0n) is 12.7. The Labute approximate surface area is 125 Å². The molecule has 1 atom stereocenters. The van der Waals surface area contributed by atoms with E-state index in [0.717, 1.165) is 6.42 Å². The van der Waals surface area contributed by atoms with Gasteiger partial charge in [0, 0.05) is 24.7 Å². The number of anilines is 1. The molecule has 0 fully saturated rings. The Morgan fingerprint density at radius 1 is 1.38 bits per heavy atom. The van der Waals surface area contributed by atoms with Crippen molar-refractivity contribution in [3.63, 3.8) is 0 Å². The quantitative estimate of drug-likeness (QED) is 0.661. The molecule has 1 unspecified atom stereocenters. The summed E-state index contributed by atoms with van der Waals surface area (Å²) in [4.78, 5) is 23.7. The van der Waals surface area contributed by atoms with E-state index in [1.165, 1.54) is 7.11 Å². The molecule has 6 nitrogen and oxygen atoms in total. The summed E-state index contributed by atoms with van der Waals surface area (Å²) in [7, 11) is 1.49. The topological polar surface area (TPSA) is 93.5 Å². The SMILES string of the molecule is CCC(C)NC(=O)CCNC(=O)c1cc(N)ccc1OC. The van der Waals surface area contributed by atoms with Crippen LogP contribution in [0.1, 0.15) is 37.0 Å². The van der Waals surface area contributed by atoms with Gasteiger partial charge in [-0.1, -0.05) is 6.92 Å². The first-order valence-electron chi connectivity index (χ1n) is 6.99. The van der Waals surface area contributed by atoms with Crippen LogP contribution in [-0.4, -0.2) is 31.5 Å².